The molecule has 0 aromatic carbocycles. The number of carbonyl (C=O) groups excluding carboxylic acids is 1. The van der Waals surface area contributed by atoms with Crippen LogP contribution in [0.25, 0.3) is 10.9 Å². The lowest BCUT2D eigenvalue weighted by molar-refractivity contribution is -0.129. The third-order valence-corrected chi connectivity index (χ3v) is 6.28. The van der Waals surface area contributed by atoms with Gasteiger partial charge in [-0.1, -0.05) is 0 Å². The number of pyridine rings is 2. The van der Waals surface area contributed by atoms with Gasteiger partial charge in [-0.3, -0.25) is 9.59 Å². The number of carbonyl (C=O) groups is 1. The third kappa shape index (κ3) is 3.56. The van der Waals surface area contributed by atoms with Crippen molar-refractivity contribution in [2.24, 2.45) is 7.05 Å². The molecule has 0 radical (unpaired) electrons. The Hall–Kier alpha value is -3.53. The predicted molar refractivity (Wildman–Crippen MR) is 122 cm³/mol. The second-order valence-corrected chi connectivity index (χ2v) is 8.51. The fourth-order valence-electron chi connectivity index (χ4n) is 4.35. The molecule has 1 N–H and O–H groups in total. The number of hydrogen-bond donors (Lipinski definition) is 1. The van der Waals surface area contributed by atoms with Crippen molar-refractivity contribution in [3.8, 4) is 0 Å². The smallest absolute Gasteiger partial charge is 0.274 e. The zero-order chi connectivity index (χ0) is 22.4. The SMILES string of the molecule is CN1CCc2c(cc(Nc3ncc4ccnc(N5CCN(C)C(=O)C5)c4n3)c(=O)n2C)C1. The van der Waals surface area contributed by atoms with E-state index in [1.165, 1.54) is 0 Å². The van der Waals surface area contributed by atoms with E-state index in [9.17, 15) is 9.59 Å². The highest BCUT2D eigenvalue weighted by Crippen LogP contribution is 2.25. The van der Waals surface area contributed by atoms with Crippen LogP contribution in [0.2, 0.25) is 0 Å². The van der Waals surface area contributed by atoms with E-state index in [-0.39, 0.29) is 18.0 Å². The molecule has 0 spiro atoms. The number of fused-ring (bicyclic) bond motifs is 2. The van der Waals surface area contributed by atoms with Gasteiger partial charge >= 0.3 is 0 Å². The van der Waals surface area contributed by atoms with Crippen molar-refractivity contribution in [2.45, 2.75) is 13.0 Å². The molecular formula is C22H26N8O2. The maximum Gasteiger partial charge on any atom is 0.274 e. The average molecular weight is 435 g/mol. The Labute approximate surface area is 185 Å². The molecule has 5 heterocycles. The van der Waals surface area contributed by atoms with E-state index < -0.39 is 0 Å². The molecule has 0 unspecified atom stereocenters. The van der Waals surface area contributed by atoms with E-state index in [0.29, 0.717) is 36.1 Å². The summed E-state index contributed by atoms with van der Waals surface area (Å²) in [5, 5.41) is 3.95. The van der Waals surface area contributed by atoms with Crippen LogP contribution >= 0.6 is 0 Å². The number of rotatable bonds is 3. The van der Waals surface area contributed by atoms with Crippen LogP contribution in [0.1, 0.15) is 11.3 Å². The summed E-state index contributed by atoms with van der Waals surface area (Å²) in [6.45, 7) is 3.30. The topological polar surface area (TPSA) is 99.5 Å². The zero-order valence-corrected chi connectivity index (χ0v) is 18.5. The van der Waals surface area contributed by atoms with Crippen molar-refractivity contribution in [1.82, 2.24) is 29.3 Å². The summed E-state index contributed by atoms with van der Waals surface area (Å²) in [6, 6.07) is 3.75. The van der Waals surface area contributed by atoms with Crippen molar-refractivity contribution in [2.75, 3.05) is 50.5 Å². The highest BCUT2D eigenvalue weighted by molar-refractivity contribution is 5.91. The molecule has 10 nitrogen and oxygen atoms in total. The minimum Gasteiger partial charge on any atom is -0.344 e. The van der Waals surface area contributed by atoms with Crippen LogP contribution < -0.4 is 15.8 Å². The van der Waals surface area contributed by atoms with E-state index in [1.54, 1.807) is 28.9 Å². The minimum absolute atomic E-state index is 0.0463. The normalized spacial score (nSPS) is 17.0. The molecule has 3 aromatic heterocycles. The van der Waals surface area contributed by atoms with E-state index in [4.69, 9.17) is 0 Å². The molecule has 1 fully saturated rings. The highest BCUT2D eigenvalue weighted by atomic mass is 16.2. The van der Waals surface area contributed by atoms with Gasteiger partial charge in [0.05, 0.1) is 6.54 Å². The molecule has 2 aliphatic rings. The quantitative estimate of drug-likeness (QED) is 0.644. The summed E-state index contributed by atoms with van der Waals surface area (Å²) < 4.78 is 1.72. The fourth-order valence-corrected chi connectivity index (χ4v) is 4.35. The van der Waals surface area contributed by atoms with Crippen LogP contribution in [-0.2, 0) is 24.8 Å². The predicted octanol–water partition coefficient (Wildman–Crippen LogP) is 0.733. The summed E-state index contributed by atoms with van der Waals surface area (Å²) in [5.74, 6) is 1.02. The Morgan fingerprint density at radius 2 is 1.88 bits per heavy atom. The molecular weight excluding hydrogens is 408 g/mol. The number of nitrogens with zero attached hydrogens (tertiary/aromatic N) is 7. The third-order valence-electron chi connectivity index (χ3n) is 6.28. The van der Waals surface area contributed by atoms with Crippen molar-refractivity contribution >= 4 is 34.3 Å². The van der Waals surface area contributed by atoms with E-state index in [1.807, 2.05) is 24.1 Å². The number of piperazine rings is 1. The lowest BCUT2D eigenvalue weighted by Crippen LogP contribution is -2.48. The first-order valence-corrected chi connectivity index (χ1v) is 10.7. The molecule has 166 valence electrons. The van der Waals surface area contributed by atoms with Crippen molar-refractivity contribution in [1.29, 1.82) is 0 Å². The Bertz CT molecular complexity index is 1270. The van der Waals surface area contributed by atoms with Crippen molar-refractivity contribution in [3.05, 3.63) is 46.1 Å². The Balaban J connectivity index is 1.51. The maximum absolute atomic E-state index is 12.9. The minimum atomic E-state index is -0.104. The average Bonchev–Trinajstić information content (AvgIpc) is 2.78. The van der Waals surface area contributed by atoms with Crippen LogP contribution in [0, 0.1) is 0 Å². The number of anilines is 3. The first kappa shape index (κ1) is 20.4. The highest BCUT2D eigenvalue weighted by Gasteiger charge is 2.24. The van der Waals surface area contributed by atoms with Gasteiger partial charge in [0.15, 0.2) is 5.82 Å². The summed E-state index contributed by atoms with van der Waals surface area (Å²) in [6.07, 6.45) is 4.26. The summed E-state index contributed by atoms with van der Waals surface area (Å²) in [5.41, 5.74) is 3.19. The monoisotopic (exact) mass is 434 g/mol. The largest absolute Gasteiger partial charge is 0.344 e. The van der Waals surface area contributed by atoms with Crippen LogP contribution in [0.3, 0.4) is 0 Å². The van der Waals surface area contributed by atoms with Gasteiger partial charge in [0.25, 0.3) is 5.56 Å². The van der Waals surface area contributed by atoms with E-state index >= 15 is 0 Å². The summed E-state index contributed by atoms with van der Waals surface area (Å²) in [4.78, 5) is 44.6. The van der Waals surface area contributed by atoms with Gasteiger partial charge in [-0.05, 0) is 24.7 Å². The van der Waals surface area contributed by atoms with Gasteiger partial charge in [0.1, 0.15) is 11.2 Å². The van der Waals surface area contributed by atoms with Crippen molar-refractivity contribution in [3.63, 3.8) is 0 Å². The van der Waals surface area contributed by atoms with Gasteiger partial charge in [0, 0.05) is 70.2 Å². The molecule has 5 rings (SSSR count). The van der Waals surface area contributed by atoms with Gasteiger partial charge < -0.3 is 24.6 Å². The molecule has 32 heavy (non-hydrogen) atoms. The molecule has 0 saturated carbocycles. The fraction of sp³-hybridized carbons (Fsp3) is 0.409. The van der Waals surface area contributed by atoms with Gasteiger partial charge in [-0.15, -0.1) is 0 Å². The number of hydrogen-bond acceptors (Lipinski definition) is 8. The Morgan fingerprint density at radius 3 is 2.69 bits per heavy atom. The standard InChI is InChI=1S/C22H26N8O2/c1-27-7-5-17-15(12-27)10-16(21(32)29(17)3)25-22-24-11-14-4-6-23-20(19(14)26-22)30-9-8-28(2)18(31)13-30/h4,6,10-11H,5,7-9,12-13H2,1-3H3,(H,24,25,26). The summed E-state index contributed by atoms with van der Waals surface area (Å²) >= 11 is 0. The second-order valence-electron chi connectivity index (χ2n) is 8.51. The molecule has 0 atom stereocenters. The summed E-state index contributed by atoms with van der Waals surface area (Å²) in [7, 11) is 5.69. The number of likely N-dealkylation sites (N-methyl/N-ethyl adjacent to an activating group) is 2. The van der Waals surface area contributed by atoms with Crippen LogP contribution in [0.4, 0.5) is 17.5 Å². The Kier molecular flexibility index (Phi) is 5.01. The number of aromatic nitrogens is 4. The first-order chi connectivity index (χ1) is 15.4. The van der Waals surface area contributed by atoms with E-state index in [2.05, 4.69) is 32.2 Å². The molecule has 10 heteroatoms. The van der Waals surface area contributed by atoms with Crippen LogP contribution in [-0.4, -0.2) is 75.5 Å². The van der Waals surface area contributed by atoms with Gasteiger partial charge in [0.2, 0.25) is 11.9 Å². The van der Waals surface area contributed by atoms with Crippen LogP contribution in [0.5, 0.6) is 0 Å². The number of nitrogens with one attached hydrogen (secondary N) is 1. The lowest BCUT2D eigenvalue weighted by atomic mass is 10.1. The molecule has 3 aromatic rings. The van der Waals surface area contributed by atoms with Crippen LogP contribution in [0.15, 0.2) is 29.3 Å². The molecule has 0 aliphatic carbocycles. The second kappa shape index (κ2) is 7.86. The maximum atomic E-state index is 12.9. The molecule has 2 aliphatic heterocycles. The lowest BCUT2D eigenvalue weighted by Gasteiger charge is -2.32. The Morgan fingerprint density at radius 1 is 1.03 bits per heavy atom. The molecule has 1 saturated heterocycles. The molecule has 1 amide bonds. The van der Waals surface area contributed by atoms with Crippen molar-refractivity contribution < 1.29 is 4.79 Å². The number of amides is 1. The van der Waals surface area contributed by atoms with E-state index in [0.717, 1.165) is 36.2 Å². The van der Waals surface area contributed by atoms with Gasteiger partial charge in [-0.25, -0.2) is 15.0 Å². The van der Waals surface area contributed by atoms with Gasteiger partial charge in [-0.2, -0.15) is 0 Å². The molecule has 0 bridgehead atoms. The zero-order valence-electron chi connectivity index (χ0n) is 18.5. The first-order valence-electron chi connectivity index (χ1n) is 10.7.